The first-order valence-electron chi connectivity index (χ1n) is 4.74. The van der Waals surface area contributed by atoms with Gasteiger partial charge in [0, 0.05) is 5.56 Å². The number of aliphatic imine (C=N–C) groups is 1. The fourth-order valence-electron chi connectivity index (χ4n) is 1.48. The van der Waals surface area contributed by atoms with Gasteiger partial charge < -0.3 is 0 Å². The van der Waals surface area contributed by atoms with Crippen LogP contribution in [0.3, 0.4) is 0 Å². The molecule has 0 aliphatic heterocycles. The van der Waals surface area contributed by atoms with Crippen LogP contribution in [-0.2, 0) is 0 Å². The van der Waals surface area contributed by atoms with E-state index in [9.17, 15) is 0 Å². The molecule has 0 amide bonds. The summed E-state index contributed by atoms with van der Waals surface area (Å²) in [5, 5.41) is 2.98. The Hall–Kier alpha value is -1.47. The lowest BCUT2D eigenvalue weighted by molar-refractivity contribution is 1.54. The van der Waals surface area contributed by atoms with Crippen molar-refractivity contribution in [2.45, 2.75) is 0 Å². The van der Waals surface area contributed by atoms with Gasteiger partial charge in [-0.1, -0.05) is 48.0 Å². The maximum absolute atomic E-state index is 6.18. The van der Waals surface area contributed by atoms with E-state index in [4.69, 9.17) is 11.6 Å². The molecule has 0 unspecified atom stereocenters. The normalized spacial score (nSPS) is 9.56. The molecule has 2 rings (SSSR count). The molecule has 16 heavy (non-hydrogen) atoms. The van der Waals surface area contributed by atoms with Crippen molar-refractivity contribution >= 4 is 34.7 Å². The van der Waals surface area contributed by atoms with Gasteiger partial charge >= 0.3 is 0 Å². The fraction of sp³-hybridized carbons (Fsp3) is 0. The van der Waals surface area contributed by atoms with E-state index in [1.807, 2.05) is 42.5 Å². The molecule has 0 saturated heterocycles. The number of isothiocyanates is 1. The second-order valence-corrected chi connectivity index (χ2v) is 3.82. The molecule has 0 radical (unpaired) electrons. The van der Waals surface area contributed by atoms with Crippen molar-refractivity contribution in [3.63, 3.8) is 0 Å². The van der Waals surface area contributed by atoms with Gasteiger partial charge in [0.15, 0.2) is 0 Å². The van der Waals surface area contributed by atoms with Crippen molar-refractivity contribution in [3.05, 3.63) is 53.6 Å². The van der Waals surface area contributed by atoms with Crippen LogP contribution in [0, 0.1) is 0 Å². The second-order valence-electron chi connectivity index (χ2n) is 3.23. The van der Waals surface area contributed by atoms with Gasteiger partial charge in [-0.15, -0.1) is 0 Å². The summed E-state index contributed by atoms with van der Waals surface area (Å²) in [6.45, 7) is 0. The van der Waals surface area contributed by atoms with Crippen molar-refractivity contribution in [1.82, 2.24) is 0 Å². The Kier molecular flexibility index (Phi) is 3.47. The van der Waals surface area contributed by atoms with E-state index < -0.39 is 0 Å². The average molecular weight is 246 g/mol. The van der Waals surface area contributed by atoms with Crippen molar-refractivity contribution in [2.75, 3.05) is 0 Å². The van der Waals surface area contributed by atoms with Crippen LogP contribution >= 0.6 is 23.8 Å². The summed E-state index contributed by atoms with van der Waals surface area (Å²) >= 11 is 10.7. The Balaban J connectivity index is 2.48. The number of halogens is 1. The molecule has 0 N–H and O–H groups in total. The zero-order valence-corrected chi connectivity index (χ0v) is 9.92. The Morgan fingerprint density at radius 3 is 2.44 bits per heavy atom. The Morgan fingerprint density at radius 2 is 1.81 bits per heavy atom. The largest absolute Gasteiger partial charge is 0.195 e. The Morgan fingerprint density at radius 1 is 1.06 bits per heavy atom. The molecule has 0 fully saturated rings. The van der Waals surface area contributed by atoms with Crippen LogP contribution in [0.2, 0.25) is 5.02 Å². The molecule has 0 bridgehead atoms. The summed E-state index contributed by atoms with van der Waals surface area (Å²) in [6, 6.07) is 15.6. The molecule has 0 aromatic heterocycles. The van der Waals surface area contributed by atoms with Crippen molar-refractivity contribution in [2.24, 2.45) is 4.99 Å². The van der Waals surface area contributed by atoms with E-state index in [-0.39, 0.29) is 0 Å². The Bertz CT molecular complexity index is 545. The van der Waals surface area contributed by atoms with Crippen molar-refractivity contribution < 1.29 is 0 Å². The minimum Gasteiger partial charge on any atom is -0.195 e. The predicted octanol–water partition coefficient (Wildman–Crippen LogP) is 4.74. The highest BCUT2D eigenvalue weighted by atomic mass is 35.5. The van der Waals surface area contributed by atoms with Crippen molar-refractivity contribution in [1.29, 1.82) is 0 Å². The molecule has 2 aromatic rings. The SMILES string of the molecule is S=C=Nc1ccc(-c2ccccc2)c(Cl)c1. The third kappa shape index (κ3) is 2.37. The molecule has 0 heterocycles. The van der Waals surface area contributed by atoms with E-state index in [0.717, 1.165) is 16.8 Å². The lowest BCUT2D eigenvalue weighted by Gasteiger charge is -2.04. The van der Waals surface area contributed by atoms with Gasteiger partial charge in [0.2, 0.25) is 0 Å². The third-order valence-electron chi connectivity index (χ3n) is 2.21. The van der Waals surface area contributed by atoms with Crippen LogP contribution in [0.15, 0.2) is 53.5 Å². The summed E-state index contributed by atoms with van der Waals surface area (Å²) in [5.74, 6) is 0. The highest BCUT2D eigenvalue weighted by molar-refractivity contribution is 7.78. The van der Waals surface area contributed by atoms with Gasteiger partial charge in [-0.2, -0.15) is 4.99 Å². The quantitative estimate of drug-likeness (QED) is 0.550. The van der Waals surface area contributed by atoms with Crippen LogP contribution in [-0.4, -0.2) is 5.16 Å². The number of thiocarbonyl (C=S) groups is 1. The van der Waals surface area contributed by atoms with E-state index in [1.54, 1.807) is 6.07 Å². The standard InChI is InChI=1S/C13H8ClNS/c14-13-8-11(15-9-16)6-7-12(13)10-4-2-1-3-5-10/h1-8H. The lowest BCUT2D eigenvalue weighted by atomic mass is 10.1. The van der Waals surface area contributed by atoms with E-state index in [2.05, 4.69) is 22.4 Å². The van der Waals surface area contributed by atoms with Crippen LogP contribution in [0.5, 0.6) is 0 Å². The molecule has 0 atom stereocenters. The van der Waals surface area contributed by atoms with Crippen molar-refractivity contribution in [3.8, 4) is 11.1 Å². The van der Waals surface area contributed by atoms with Crippen LogP contribution in [0.1, 0.15) is 0 Å². The average Bonchev–Trinajstić information content (AvgIpc) is 2.31. The predicted molar refractivity (Wildman–Crippen MR) is 71.6 cm³/mol. The number of rotatable bonds is 2. The molecule has 0 aliphatic rings. The van der Waals surface area contributed by atoms with Gasteiger partial charge in [-0.05, 0) is 29.9 Å². The summed E-state index contributed by atoms with van der Waals surface area (Å²) in [5.41, 5.74) is 2.80. The number of hydrogen-bond donors (Lipinski definition) is 0. The first kappa shape index (κ1) is 11.0. The fourth-order valence-corrected chi connectivity index (χ4v) is 1.87. The topological polar surface area (TPSA) is 12.4 Å². The smallest absolute Gasteiger partial charge is 0.0754 e. The monoisotopic (exact) mass is 245 g/mol. The summed E-state index contributed by atoms with van der Waals surface area (Å²) in [4.78, 5) is 3.88. The number of nitrogens with zero attached hydrogens (tertiary/aromatic N) is 1. The first-order valence-corrected chi connectivity index (χ1v) is 5.53. The summed E-state index contributed by atoms with van der Waals surface area (Å²) in [6.07, 6.45) is 0. The number of benzene rings is 2. The lowest BCUT2D eigenvalue weighted by Crippen LogP contribution is -1.78. The van der Waals surface area contributed by atoms with E-state index >= 15 is 0 Å². The highest BCUT2D eigenvalue weighted by Crippen LogP contribution is 2.30. The third-order valence-corrected chi connectivity index (χ3v) is 2.62. The maximum atomic E-state index is 6.18. The van der Waals surface area contributed by atoms with E-state index in [1.165, 1.54) is 0 Å². The highest BCUT2D eigenvalue weighted by Gasteiger charge is 2.03. The van der Waals surface area contributed by atoms with Crippen LogP contribution in [0.4, 0.5) is 5.69 Å². The molecule has 0 saturated carbocycles. The second kappa shape index (κ2) is 5.04. The molecule has 2 aromatic carbocycles. The Labute approximate surface area is 104 Å². The van der Waals surface area contributed by atoms with Gasteiger partial charge in [-0.3, -0.25) is 0 Å². The molecule has 0 spiro atoms. The van der Waals surface area contributed by atoms with Gasteiger partial charge in [-0.25, -0.2) is 0 Å². The van der Waals surface area contributed by atoms with Crippen LogP contribution < -0.4 is 0 Å². The van der Waals surface area contributed by atoms with E-state index in [0.29, 0.717) is 5.02 Å². The minimum atomic E-state index is 0.665. The van der Waals surface area contributed by atoms with Gasteiger partial charge in [0.05, 0.1) is 15.9 Å². The molecule has 78 valence electrons. The summed E-state index contributed by atoms with van der Waals surface area (Å²) in [7, 11) is 0. The molecule has 3 heteroatoms. The minimum absolute atomic E-state index is 0.665. The molecule has 1 nitrogen and oxygen atoms in total. The maximum Gasteiger partial charge on any atom is 0.0754 e. The van der Waals surface area contributed by atoms with Gasteiger partial charge in [0.25, 0.3) is 0 Å². The zero-order chi connectivity index (χ0) is 11.4. The van der Waals surface area contributed by atoms with Gasteiger partial charge in [0.1, 0.15) is 0 Å². The molecular weight excluding hydrogens is 238 g/mol. The summed E-state index contributed by atoms with van der Waals surface area (Å²) < 4.78 is 0. The van der Waals surface area contributed by atoms with Crippen LogP contribution in [0.25, 0.3) is 11.1 Å². The number of hydrogen-bond acceptors (Lipinski definition) is 2. The molecule has 0 aliphatic carbocycles. The first-order chi connectivity index (χ1) is 7.81. The zero-order valence-electron chi connectivity index (χ0n) is 8.35. The molecular formula is C13H8ClNS.